The second-order valence-electron chi connectivity index (χ2n) is 17.3. The molecule has 0 rings (SSSR count). The van der Waals surface area contributed by atoms with Gasteiger partial charge >= 0.3 is 360 Å². The molecule has 0 aromatic carbocycles. The van der Waals surface area contributed by atoms with Crippen LogP contribution in [0.15, 0.2) is 0 Å². The normalized spacial score (nSPS) is 12.7. The van der Waals surface area contributed by atoms with Crippen molar-refractivity contribution in [2.24, 2.45) is 21.7 Å². The van der Waals surface area contributed by atoms with Crippen LogP contribution in [0.5, 0.6) is 0 Å². The molecule has 0 aliphatic heterocycles. The van der Waals surface area contributed by atoms with Crippen molar-refractivity contribution in [1.82, 2.24) is 0 Å². The van der Waals surface area contributed by atoms with E-state index in [1.54, 1.807) is 0 Å². The molecule has 0 spiro atoms. The predicted molar refractivity (Wildman–Crippen MR) is 237 cm³/mol. The molecule has 0 aromatic heterocycles. The Labute approximate surface area is 358 Å². The third-order valence-electron chi connectivity index (χ3n) is 14.1. The Morgan fingerprint density at radius 1 is 0.298 bits per heavy atom. The molecule has 0 unspecified atom stereocenters. The summed E-state index contributed by atoms with van der Waals surface area (Å²) in [7, 11) is 0. The molecule has 0 N–H and O–H groups in total. The van der Waals surface area contributed by atoms with E-state index in [-0.39, 0.29) is 0 Å². The fraction of sp³-hybridized carbons (Fsp3) is 0.917. The van der Waals surface area contributed by atoms with Crippen molar-refractivity contribution in [3.63, 3.8) is 0 Å². The Bertz CT molecular complexity index is 930. The Balaban J connectivity index is 7.83. The van der Waals surface area contributed by atoms with Crippen molar-refractivity contribution in [3.8, 4) is 0 Å². The van der Waals surface area contributed by atoms with E-state index >= 15 is 0 Å². The summed E-state index contributed by atoms with van der Waals surface area (Å²) in [6, 6.07) is 0. The van der Waals surface area contributed by atoms with Crippen LogP contribution in [0, 0.1) is 21.7 Å². The summed E-state index contributed by atoms with van der Waals surface area (Å²) in [6.07, 6.45) is 22.0. The Morgan fingerprint density at radius 2 is 0.474 bits per heavy atom. The van der Waals surface area contributed by atoms with Gasteiger partial charge < -0.3 is 0 Å². The molecule has 0 atom stereocenters. The van der Waals surface area contributed by atoms with E-state index in [1.165, 1.54) is 0 Å². The van der Waals surface area contributed by atoms with Crippen LogP contribution in [-0.2, 0) is 31.5 Å². The standard InChI is InChI=1S/4C12H24O2.Sn/c4*1-4-7-8-9-10-12(5-2,6-3)11(13)14;/h4*4-10H2,1-3H3,(H,13,14);/q;;;;+4/p-4. The molecule has 0 bridgehead atoms. The number of rotatable bonds is 36. The van der Waals surface area contributed by atoms with Crippen LogP contribution in [-0.4, -0.2) is 43.9 Å². The van der Waals surface area contributed by atoms with Gasteiger partial charge in [-0.3, -0.25) is 0 Å². The Kier molecular flexibility index (Phi) is 29.1. The topological polar surface area (TPSA) is 105 Å². The van der Waals surface area contributed by atoms with Gasteiger partial charge in [0.1, 0.15) is 0 Å². The average molecular weight is 916 g/mol. The van der Waals surface area contributed by atoms with E-state index in [2.05, 4.69) is 27.7 Å². The number of unbranched alkanes of at least 4 members (excludes halogenated alkanes) is 12. The fourth-order valence-corrected chi connectivity index (χ4v) is 14.3. The third-order valence-corrected chi connectivity index (χ3v) is 19.0. The van der Waals surface area contributed by atoms with E-state index in [0.717, 1.165) is 103 Å². The first-order valence-corrected chi connectivity index (χ1v) is 28.8. The third kappa shape index (κ3) is 16.9. The average Bonchev–Trinajstić information content (AvgIpc) is 3.21. The van der Waals surface area contributed by atoms with Crippen LogP contribution in [0.4, 0.5) is 0 Å². The monoisotopic (exact) mass is 917 g/mol. The molecule has 0 saturated carbocycles. The van der Waals surface area contributed by atoms with Gasteiger partial charge in [-0.1, -0.05) is 0 Å². The summed E-state index contributed by atoms with van der Waals surface area (Å²) >= 11 is -6.37. The number of hydrogen-bond acceptors (Lipinski definition) is 8. The van der Waals surface area contributed by atoms with Gasteiger partial charge in [0.2, 0.25) is 0 Å². The first-order valence-electron chi connectivity index (χ1n) is 24.2. The minimum atomic E-state index is -6.37. The molecule has 0 aliphatic rings. The molecule has 0 aromatic rings. The van der Waals surface area contributed by atoms with E-state index in [0.29, 0.717) is 77.0 Å². The van der Waals surface area contributed by atoms with Crippen LogP contribution in [0.2, 0.25) is 0 Å². The van der Waals surface area contributed by atoms with E-state index in [9.17, 15) is 19.2 Å². The van der Waals surface area contributed by atoms with Gasteiger partial charge in [-0.05, 0) is 0 Å². The molecule has 0 saturated heterocycles. The summed E-state index contributed by atoms with van der Waals surface area (Å²) in [6.45, 7) is 24.5. The zero-order chi connectivity index (χ0) is 43.4. The molecule has 336 valence electrons. The van der Waals surface area contributed by atoms with Crippen LogP contribution in [0.3, 0.4) is 0 Å². The predicted octanol–water partition coefficient (Wildman–Crippen LogP) is 14.7. The van der Waals surface area contributed by atoms with Gasteiger partial charge in [0.15, 0.2) is 0 Å². The summed E-state index contributed by atoms with van der Waals surface area (Å²) in [4.78, 5) is 59.6. The zero-order valence-corrected chi connectivity index (χ0v) is 42.4. The minimum absolute atomic E-state index is 0.494. The summed E-state index contributed by atoms with van der Waals surface area (Å²) < 4.78 is 26.3. The van der Waals surface area contributed by atoms with Crippen molar-refractivity contribution in [2.45, 2.75) is 263 Å². The van der Waals surface area contributed by atoms with Crippen LogP contribution < -0.4 is 0 Å². The molecule has 0 amide bonds. The van der Waals surface area contributed by atoms with E-state index in [4.69, 9.17) is 12.3 Å². The number of carbonyl (C=O) groups is 4. The van der Waals surface area contributed by atoms with Gasteiger partial charge in [-0.25, -0.2) is 0 Å². The molecule has 0 heterocycles. The molecular formula is C48H92O8Sn. The maximum atomic E-state index is 14.9. The van der Waals surface area contributed by atoms with Crippen molar-refractivity contribution in [1.29, 1.82) is 0 Å². The first-order chi connectivity index (χ1) is 27.2. The second kappa shape index (κ2) is 29.8. The van der Waals surface area contributed by atoms with E-state index < -0.39 is 65.6 Å². The molecule has 0 aliphatic carbocycles. The van der Waals surface area contributed by atoms with Gasteiger partial charge in [-0.15, -0.1) is 0 Å². The van der Waals surface area contributed by atoms with Crippen molar-refractivity contribution < 1.29 is 31.5 Å². The zero-order valence-electron chi connectivity index (χ0n) is 39.6. The Hall–Kier alpha value is -1.32. The van der Waals surface area contributed by atoms with Crippen molar-refractivity contribution >= 4 is 43.9 Å². The molecule has 57 heavy (non-hydrogen) atoms. The van der Waals surface area contributed by atoms with Crippen LogP contribution in [0.25, 0.3) is 0 Å². The van der Waals surface area contributed by atoms with Crippen LogP contribution in [0.1, 0.15) is 263 Å². The van der Waals surface area contributed by atoms with Gasteiger partial charge in [0, 0.05) is 0 Å². The summed E-state index contributed by atoms with van der Waals surface area (Å²) in [5.74, 6) is -2.34. The molecule has 0 fully saturated rings. The number of hydrogen-bond donors (Lipinski definition) is 0. The SMILES string of the molecule is CCCCCCC(CC)(CC)C(=O)[O][Sn]([O]C(=O)C(CC)(CC)CCCCCC)([O]C(=O)C(CC)(CC)CCCCCC)[O]C(=O)C(CC)(CC)CCCCCC. The second-order valence-corrected chi connectivity index (χ2v) is 22.4. The number of carbonyl (C=O) groups excluding carboxylic acids is 4. The van der Waals surface area contributed by atoms with Gasteiger partial charge in [-0.2, -0.15) is 0 Å². The molecule has 9 heteroatoms. The van der Waals surface area contributed by atoms with Crippen LogP contribution >= 0.6 is 0 Å². The van der Waals surface area contributed by atoms with Crippen molar-refractivity contribution in [2.75, 3.05) is 0 Å². The first kappa shape index (κ1) is 55.7. The molecule has 0 radical (unpaired) electrons. The van der Waals surface area contributed by atoms with E-state index in [1.807, 2.05) is 55.4 Å². The summed E-state index contributed by atoms with van der Waals surface area (Å²) in [5.41, 5.74) is -3.64. The fourth-order valence-electron chi connectivity index (χ4n) is 8.55. The molecular weight excluding hydrogens is 823 g/mol. The maximum absolute atomic E-state index is 14.9. The van der Waals surface area contributed by atoms with Crippen molar-refractivity contribution in [3.05, 3.63) is 0 Å². The van der Waals surface area contributed by atoms with Gasteiger partial charge in [0.25, 0.3) is 0 Å². The summed E-state index contributed by atoms with van der Waals surface area (Å²) in [5, 5.41) is 0. The van der Waals surface area contributed by atoms with Gasteiger partial charge in [0.05, 0.1) is 0 Å². The quantitative estimate of drug-likeness (QED) is 0.0452. The Morgan fingerprint density at radius 3 is 0.614 bits per heavy atom. The molecule has 8 nitrogen and oxygen atoms in total.